The van der Waals surface area contributed by atoms with Crippen LogP contribution in [-0.2, 0) is 4.79 Å². The molecule has 1 heterocycles. The topological polar surface area (TPSA) is 64.8 Å². The van der Waals surface area contributed by atoms with Crippen molar-refractivity contribution in [1.29, 1.82) is 0 Å². The fourth-order valence-corrected chi connectivity index (χ4v) is 2.03. The second kappa shape index (κ2) is 7.36. The van der Waals surface area contributed by atoms with Crippen molar-refractivity contribution in [2.45, 2.75) is 13.0 Å². The van der Waals surface area contributed by atoms with E-state index in [0.29, 0.717) is 19.7 Å². The molecule has 2 atom stereocenters. The van der Waals surface area contributed by atoms with E-state index in [0.717, 1.165) is 11.5 Å². The molecule has 0 radical (unpaired) electrons. The molecule has 0 fully saturated rings. The highest BCUT2D eigenvalue weighted by Crippen LogP contribution is 2.30. The highest BCUT2D eigenvalue weighted by molar-refractivity contribution is 5.85. The number of hydrogen-bond acceptors (Lipinski definition) is 4. The predicted octanol–water partition coefficient (Wildman–Crippen LogP) is 1.30. The monoisotopic (exact) mass is 300 g/mol. The SMILES string of the molecule is CC(CN)C(=O)N(C)CC1COc2ccccc2O1.Cl. The van der Waals surface area contributed by atoms with Gasteiger partial charge in [0.2, 0.25) is 5.91 Å². The largest absolute Gasteiger partial charge is 0.486 e. The number of carbonyl (C=O) groups is 1. The molecular formula is C14H21ClN2O3. The van der Waals surface area contributed by atoms with Gasteiger partial charge in [0.05, 0.1) is 6.54 Å². The number of amides is 1. The van der Waals surface area contributed by atoms with Gasteiger partial charge in [-0.05, 0) is 12.1 Å². The van der Waals surface area contributed by atoms with E-state index in [1.807, 2.05) is 31.2 Å². The molecule has 1 aliphatic heterocycles. The van der Waals surface area contributed by atoms with Crippen LogP contribution < -0.4 is 15.2 Å². The minimum Gasteiger partial charge on any atom is -0.486 e. The summed E-state index contributed by atoms with van der Waals surface area (Å²) in [6.45, 7) is 3.13. The summed E-state index contributed by atoms with van der Waals surface area (Å²) in [5.74, 6) is 1.35. The summed E-state index contributed by atoms with van der Waals surface area (Å²) < 4.78 is 11.4. The molecule has 2 unspecified atom stereocenters. The van der Waals surface area contributed by atoms with Gasteiger partial charge in [-0.2, -0.15) is 0 Å². The first kappa shape index (κ1) is 16.6. The van der Waals surface area contributed by atoms with E-state index in [9.17, 15) is 4.79 Å². The van der Waals surface area contributed by atoms with Crippen molar-refractivity contribution in [2.24, 2.45) is 11.7 Å². The maximum absolute atomic E-state index is 11.9. The Morgan fingerprint density at radius 1 is 1.45 bits per heavy atom. The van der Waals surface area contributed by atoms with Crippen molar-refractivity contribution in [3.63, 3.8) is 0 Å². The molecule has 2 rings (SSSR count). The summed E-state index contributed by atoms with van der Waals surface area (Å²) in [6, 6.07) is 7.54. The van der Waals surface area contributed by atoms with Gasteiger partial charge in [-0.1, -0.05) is 19.1 Å². The molecule has 112 valence electrons. The zero-order valence-corrected chi connectivity index (χ0v) is 12.6. The number of rotatable bonds is 4. The molecule has 1 aliphatic rings. The number of nitrogens with zero attached hydrogens (tertiary/aromatic N) is 1. The number of fused-ring (bicyclic) bond motifs is 1. The minimum atomic E-state index is -0.165. The minimum absolute atomic E-state index is 0. The highest BCUT2D eigenvalue weighted by Gasteiger charge is 2.25. The molecule has 20 heavy (non-hydrogen) atoms. The van der Waals surface area contributed by atoms with Gasteiger partial charge in [0.25, 0.3) is 0 Å². The average Bonchev–Trinajstić information content (AvgIpc) is 2.45. The third-order valence-corrected chi connectivity index (χ3v) is 3.20. The van der Waals surface area contributed by atoms with E-state index in [4.69, 9.17) is 15.2 Å². The lowest BCUT2D eigenvalue weighted by Gasteiger charge is -2.30. The number of benzene rings is 1. The van der Waals surface area contributed by atoms with Crippen molar-refractivity contribution >= 4 is 18.3 Å². The number of nitrogens with two attached hydrogens (primary N) is 1. The molecule has 1 aromatic carbocycles. The smallest absolute Gasteiger partial charge is 0.226 e. The Balaban J connectivity index is 0.00000200. The Morgan fingerprint density at radius 2 is 2.10 bits per heavy atom. The van der Waals surface area contributed by atoms with Crippen molar-refractivity contribution in [2.75, 3.05) is 26.7 Å². The van der Waals surface area contributed by atoms with Crippen LogP contribution in [0.4, 0.5) is 0 Å². The first-order valence-electron chi connectivity index (χ1n) is 6.45. The number of likely N-dealkylation sites (N-methyl/N-ethyl adjacent to an activating group) is 1. The van der Waals surface area contributed by atoms with E-state index < -0.39 is 0 Å². The summed E-state index contributed by atoms with van der Waals surface area (Å²) in [4.78, 5) is 13.6. The third kappa shape index (κ3) is 3.77. The summed E-state index contributed by atoms with van der Waals surface area (Å²) in [6.07, 6.45) is -0.145. The van der Waals surface area contributed by atoms with Gasteiger partial charge in [0.1, 0.15) is 6.61 Å². The molecule has 0 saturated heterocycles. The van der Waals surface area contributed by atoms with Gasteiger partial charge in [-0.3, -0.25) is 4.79 Å². The van der Waals surface area contributed by atoms with E-state index in [2.05, 4.69) is 0 Å². The van der Waals surface area contributed by atoms with Crippen molar-refractivity contribution in [3.05, 3.63) is 24.3 Å². The Hall–Kier alpha value is -1.46. The Kier molecular flexibility index (Phi) is 6.10. The van der Waals surface area contributed by atoms with Gasteiger partial charge >= 0.3 is 0 Å². The molecule has 1 aromatic rings. The summed E-state index contributed by atoms with van der Waals surface area (Å²) >= 11 is 0. The quantitative estimate of drug-likeness (QED) is 0.910. The van der Waals surface area contributed by atoms with Crippen LogP contribution in [0.5, 0.6) is 11.5 Å². The van der Waals surface area contributed by atoms with E-state index in [1.165, 1.54) is 0 Å². The Morgan fingerprint density at radius 3 is 2.75 bits per heavy atom. The molecule has 1 amide bonds. The average molecular weight is 301 g/mol. The standard InChI is InChI=1S/C14H20N2O3.ClH/c1-10(7-15)14(17)16(2)8-11-9-18-12-5-3-4-6-13(12)19-11;/h3-6,10-11H,7-9,15H2,1-2H3;1H. The van der Waals surface area contributed by atoms with Crippen LogP contribution in [0, 0.1) is 5.92 Å². The van der Waals surface area contributed by atoms with Gasteiger partial charge in [-0.15, -0.1) is 12.4 Å². The van der Waals surface area contributed by atoms with Crippen LogP contribution >= 0.6 is 12.4 Å². The predicted molar refractivity (Wildman–Crippen MR) is 79.5 cm³/mol. The van der Waals surface area contributed by atoms with Gasteiger partial charge < -0.3 is 20.1 Å². The number of para-hydroxylation sites is 2. The van der Waals surface area contributed by atoms with Gasteiger partial charge in [0.15, 0.2) is 17.6 Å². The summed E-state index contributed by atoms with van der Waals surface area (Å²) in [7, 11) is 1.76. The van der Waals surface area contributed by atoms with Crippen LogP contribution in [0.15, 0.2) is 24.3 Å². The van der Waals surface area contributed by atoms with E-state index >= 15 is 0 Å². The van der Waals surface area contributed by atoms with Crippen LogP contribution in [0.25, 0.3) is 0 Å². The lowest BCUT2D eigenvalue weighted by atomic mass is 10.1. The molecular weight excluding hydrogens is 280 g/mol. The lowest BCUT2D eigenvalue weighted by molar-refractivity contribution is -0.134. The van der Waals surface area contributed by atoms with Crippen LogP contribution in [0.1, 0.15) is 6.92 Å². The van der Waals surface area contributed by atoms with Crippen LogP contribution in [0.2, 0.25) is 0 Å². The van der Waals surface area contributed by atoms with E-state index in [-0.39, 0.29) is 30.3 Å². The van der Waals surface area contributed by atoms with Crippen LogP contribution in [0.3, 0.4) is 0 Å². The Labute approximate surface area is 125 Å². The molecule has 0 bridgehead atoms. The number of carbonyl (C=O) groups excluding carboxylic acids is 1. The zero-order chi connectivity index (χ0) is 13.8. The lowest BCUT2D eigenvalue weighted by Crippen LogP contribution is -2.44. The molecule has 0 spiro atoms. The number of hydrogen-bond donors (Lipinski definition) is 1. The Bertz CT molecular complexity index is 456. The number of ether oxygens (including phenoxy) is 2. The van der Waals surface area contributed by atoms with Crippen LogP contribution in [-0.4, -0.2) is 43.7 Å². The maximum Gasteiger partial charge on any atom is 0.226 e. The highest BCUT2D eigenvalue weighted by atomic mass is 35.5. The van der Waals surface area contributed by atoms with Crippen molar-refractivity contribution in [3.8, 4) is 11.5 Å². The molecule has 5 nitrogen and oxygen atoms in total. The summed E-state index contributed by atoms with van der Waals surface area (Å²) in [5, 5.41) is 0. The fourth-order valence-electron chi connectivity index (χ4n) is 2.03. The molecule has 0 aliphatic carbocycles. The maximum atomic E-state index is 11.9. The second-order valence-corrected chi connectivity index (χ2v) is 4.85. The normalized spacial score (nSPS) is 17.9. The summed E-state index contributed by atoms with van der Waals surface area (Å²) in [5.41, 5.74) is 5.50. The number of halogens is 1. The molecule has 0 saturated carbocycles. The van der Waals surface area contributed by atoms with Crippen molar-refractivity contribution in [1.82, 2.24) is 4.90 Å². The molecule has 6 heteroatoms. The van der Waals surface area contributed by atoms with Gasteiger partial charge in [-0.25, -0.2) is 0 Å². The van der Waals surface area contributed by atoms with E-state index in [1.54, 1.807) is 11.9 Å². The second-order valence-electron chi connectivity index (χ2n) is 4.85. The third-order valence-electron chi connectivity index (χ3n) is 3.20. The first-order valence-corrected chi connectivity index (χ1v) is 6.45. The zero-order valence-electron chi connectivity index (χ0n) is 11.7. The first-order chi connectivity index (χ1) is 9.11. The van der Waals surface area contributed by atoms with Gasteiger partial charge in [0, 0.05) is 19.5 Å². The van der Waals surface area contributed by atoms with Crippen molar-refractivity contribution < 1.29 is 14.3 Å². The molecule has 2 N–H and O–H groups in total. The fraction of sp³-hybridized carbons (Fsp3) is 0.500. The molecule has 0 aromatic heterocycles.